The van der Waals surface area contributed by atoms with Gasteiger partial charge in [-0.25, -0.2) is 9.67 Å². The molecule has 0 bridgehead atoms. The van der Waals surface area contributed by atoms with Gasteiger partial charge in [0.1, 0.15) is 0 Å². The number of ether oxygens (including phenoxy) is 1. The van der Waals surface area contributed by atoms with Gasteiger partial charge in [0.25, 0.3) is 5.91 Å². The van der Waals surface area contributed by atoms with E-state index in [-0.39, 0.29) is 11.3 Å². The van der Waals surface area contributed by atoms with Gasteiger partial charge in [-0.1, -0.05) is 51.3 Å². The SMILES string of the molecule is CCCCCOc1cc(=NC(=O)C2(C)CCC2)cnn1-c1ccccc1. The van der Waals surface area contributed by atoms with E-state index in [1.54, 1.807) is 10.9 Å². The average Bonchev–Trinajstić information content (AvgIpc) is 2.64. The van der Waals surface area contributed by atoms with E-state index in [1.165, 1.54) is 0 Å². The molecule has 0 saturated heterocycles. The second-order valence-electron chi connectivity index (χ2n) is 7.19. The summed E-state index contributed by atoms with van der Waals surface area (Å²) in [7, 11) is 0. The van der Waals surface area contributed by atoms with E-state index in [2.05, 4.69) is 17.0 Å². The number of nitrogens with zero attached hydrogens (tertiary/aromatic N) is 3. The topological polar surface area (TPSA) is 56.5 Å². The van der Waals surface area contributed by atoms with Gasteiger partial charge < -0.3 is 4.74 Å². The number of hydrogen-bond acceptors (Lipinski definition) is 3. The predicted molar refractivity (Wildman–Crippen MR) is 101 cm³/mol. The van der Waals surface area contributed by atoms with Gasteiger partial charge in [0.05, 0.1) is 23.8 Å². The molecular formula is C21H27N3O2. The van der Waals surface area contributed by atoms with Gasteiger partial charge >= 0.3 is 0 Å². The molecule has 1 aromatic carbocycles. The Morgan fingerprint density at radius 2 is 2.04 bits per heavy atom. The van der Waals surface area contributed by atoms with Crippen LogP contribution < -0.4 is 10.1 Å². The Kier molecular flexibility index (Phi) is 5.86. The van der Waals surface area contributed by atoms with E-state index in [0.717, 1.165) is 44.2 Å². The monoisotopic (exact) mass is 353 g/mol. The van der Waals surface area contributed by atoms with Crippen molar-refractivity contribution in [1.82, 2.24) is 9.78 Å². The first-order chi connectivity index (χ1) is 12.6. The van der Waals surface area contributed by atoms with Crippen LogP contribution in [-0.4, -0.2) is 22.3 Å². The highest BCUT2D eigenvalue weighted by molar-refractivity contribution is 5.83. The minimum Gasteiger partial charge on any atom is -0.478 e. The first-order valence-corrected chi connectivity index (χ1v) is 9.49. The van der Waals surface area contributed by atoms with Crippen LogP contribution >= 0.6 is 0 Å². The van der Waals surface area contributed by atoms with E-state index in [4.69, 9.17) is 4.74 Å². The zero-order valence-corrected chi connectivity index (χ0v) is 15.6. The summed E-state index contributed by atoms with van der Waals surface area (Å²) >= 11 is 0. The van der Waals surface area contributed by atoms with Gasteiger partial charge in [0.15, 0.2) is 0 Å². The molecule has 1 saturated carbocycles. The van der Waals surface area contributed by atoms with Crippen LogP contribution in [-0.2, 0) is 4.79 Å². The summed E-state index contributed by atoms with van der Waals surface area (Å²) in [5.41, 5.74) is 0.620. The zero-order chi connectivity index (χ0) is 18.4. The molecule has 1 fully saturated rings. The highest BCUT2D eigenvalue weighted by Gasteiger charge is 2.38. The fourth-order valence-corrected chi connectivity index (χ4v) is 3.03. The lowest BCUT2D eigenvalue weighted by Gasteiger charge is -2.34. The lowest BCUT2D eigenvalue weighted by molar-refractivity contribution is -0.131. The predicted octanol–water partition coefficient (Wildman–Crippen LogP) is 4.06. The van der Waals surface area contributed by atoms with Crippen molar-refractivity contribution >= 4 is 5.91 Å². The maximum absolute atomic E-state index is 12.4. The normalized spacial score (nSPS) is 16.2. The van der Waals surface area contributed by atoms with Crippen LogP contribution in [0.4, 0.5) is 0 Å². The minimum atomic E-state index is -0.298. The van der Waals surface area contributed by atoms with Gasteiger partial charge in [0, 0.05) is 11.5 Å². The molecule has 0 N–H and O–H groups in total. The number of benzene rings is 1. The molecule has 1 aliphatic rings. The number of unbranched alkanes of at least 4 members (excludes halogenated alkanes) is 2. The molecule has 138 valence electrons. The highest BCUT2D eigenvalue weighted by atomic mass is 16.5. The van der Waals surface area contributed by atoms with Crippen molar-refractivity contribution in [1.29, 1.82) is 0 Å². The van der Waals surface area contributed by atoms with E-state index in [0.29, 0.717) is 17.8 Å². The maximum Gasteiger partial charge on any atom is 0.252 e. The molecular weight excluding hydrogens is 326 g/mol. The number of carbonyl (C=O) groups is 1. The Bertz CT molecular complexity index is 808. The van der Waals surface area contributed by atoms with Crippen molar-refractivity contribution in [2.24, 2.45) is 10.4 Å². The lowest BCUT2D eigenvalue weighted by atomic mass is 9.70. The largest absolute Gasteiger partial charge is 0.478 e. The average molecular weight is 353 g/mol. The van der Waals surface area contributed by atoms with Crippen LogP contribution in [0.2, 0.25) is 0 Å². The third kappa shape index (κ3) is 4.21. The van der Waals surface area contributed by atoms with Crippen molar-refractivity contribution in [2.75, 3.05) is 6.61 Å². The molecule has 3 rings (SSSR count). The number of para-hydroxylation sites is 1. The van der Waals surface area contributed by atoms with E-state index in [9.17, 15) is 4.79 Å². The zero-order valence-electron chi connectivity index (χ0n) is 15.6. The second-order valence-corrected chi connectivity index (χ2v) is 7.19. The maximum atomic E-state index is 12.4. The van der Waals surface area contributed by atoms with Gasteiger partial charge in [-0.2, -0.15) is 5.10 Å². The molecule has 1 aliphatic carbocycles. The highest BCUT2D eigenvalue weighted by Crippen LogP contribution is 2.41. The molecule has 5 heteroatoms. The molecule has 0 radical (unpaired) electrons. The Balaban J connectivity index is 1.89. The molecule has 0 spiro atoms. The van der Waals surface area contributed by atoms with Crippen LogP contribution in [0.5, 0.6) is 5.88 Å². The fraction of sp³-hybridized carbons (Fsp3) is 0.476. The summed E-state index contributed by atoms with van der Waals surface area (Å²) in [5.74, 6) is 0.556. The molecule has 1 heterocycles. The first-order valence-electron chi connectivity index (χ1n) is 9.49. The molecule has 0 unspecified atom stereocenters. The van der Waals surface area contributed by atoms with Crippen molar-refractivity contribution in [3.63, 3.8) is 0 Å². The van der Waals surface area contributed by atoms with Crippen LogP contribution in [0.15, 0.2) is 47.6 Å². The van der Waals surface area contributed by atoms with Crippen molar-refractivity contribution in [2.45, 2.75) is 52.4 Å². The van der Waals surface area contributed by atoms with E-state index >= 15 is 0 Å². The molecule has 0 aliphatic heterocycles. The first kappa shape index (κ1) is 18.4. The van der Waals surface area contributed by atoms with Gasteiger partial charge in [-0.05, 0) is 31.4 Å². The molecule has 1 aromatic heterocycles. The van der Waals surface area contributed by atoms with Crippen molar-refractivity contribution < 1.29 is 9.53 Å². The summed E-state index contributed by atoms with van der Waals surface area (Å²) in [6, 6.07) is 11.7. The van der Waals surface area contributed by atoms with Crippen LogP contribution in [0.25, 0.3) is 5.69 Å². The van der Waals surface area contributed by atoms with Crippen molar-refractivity contribution in [3.05, 3.63) is 48.0 Å². The standard InChI is InChI=1S/C21H27N3O2/c1-3-4-8-14-26-19-15-17(23-20(25)21(2)12-9-13-21)16-22-24(19)18-10-6-5-7-11-18/h5-7,10-11,15-16H,3-4,8-9,12-14H2,1-2H3. The molecule has 26 heavy (non-hydrogen) atoms. The second kappa shape index (κ2) is 8.30. The molecule has 0 atom stereocenters. The molecule has 5 nitrogen and oxygen atoms in total. The van der Waals surface area contributed by atoms with Crippen LogP contribution in [0.3, 0.4) is 0 Å². The number of hydrogen-bond donors (Lipinski definition) is 0. The summed E-state index contributed by atoms with van der Waals surface area (Å²) < 4.78 is 7.72. The van der Waals surface area contributed by atoms with Gasteiger partial charge in [-0.3, -0.25) is 4.79 Å². The number of carbonyl (C=O) groups excluding carboxylic acids is 1. The Morgan fingerprint density at radius 3 is 2.69 bits per heavy atom. The third-order valence-electron chi connectivity index (χ3n) is 4.99. The smallest absolute Gasteiger partial charge is 0.252 e. The van der Waals surface area contributed by atoms with Crippen LogP contribution in [0.1, 0.15) is 52.4 Å². The van der Waals surface area contributed by atoms with Crippen LogP contribution in [0, 0.1) is 5.41 Å². The summed E-state index contributed by atoms with van der Waals surface area (Å²) in [6.45, 7) is 4.78. The van der Waals surface area contributed by atoms with Crippen molar-refractivity contribution in [3.8, 4) is 11.6 Å². The molecule has 1 amide bonds. The third-order valence-corrected chi connectivity index (χ3v) is 4.99. The molecule has 2 aromatic rings. The fourth-order valence-electron chi connectivity index (χ4n) is 3.03. The minimum absolute atomic E-state index is 0.0556. The summed E-state index contributed by atoms with van der Waals surface area (Å²) in [6.07, 6.45) is 7.82. The number of amides is 1. The summed E-state index contributed by atoms with van der Waals surface area (Å²) in [4.78, 5) is 16.7. The number of aromatic nitrogens is 2. The van der Waals surface area contributed by atoms with Gasteiger partial charge in [-0.15, -0.1) is 0 Å². The van der Waals surface area contributed by atoms with Gasteiger partial charge in [0.2, 0.25) is 5.88 Å². The van der Waals surface area contributed by atoms with E-state index in [1.807, 2.05) is 43.3 Å². The quantitative estimate of drug-likeness (QED) is 0.705. The number of rotatable bonds is 7. The Morgan fingerprint density at radius 1 is 1.27 bits per heavy atom. The van der Waals surface area contributed by atoms with E-state index < -0.39 is 0 Å². The summed E-state index contributed by atoms with van der Waals surface area (Å²) in [5, 5.41) is 5.03. The Hall–Kier alpha value is -2.43. The lowest BCUT2D eigenvalue weighted by Crippen LogP contribution is -2.34. The Labute approximate surface area is 154 Å².